The number of benzene rings is 1. The van der Waals surface area contributed by atoms with E-state index in [9.17, 15) is 8.42 Å². The average molecular weight is 288 g/mol. The zero-order valence-electron chi connectivity index (χ0n) is 9.58. The maximum absolute atomic E-state index is 12.1. The predicted molar refractivity (Wildman–Crippen MR) is 69.9 cm³/mol. The van der Waals surface area contributed by atoms with Crippen molar-refractivity contribution in [2.24, 2.45) is 5.92 Å². The quantitative estimate of drug-likeness (QED) is 0.826. The summed E-state index contributed by atoms with van der Waals surface area (Å²) in [6, 6.07) is 5.85. The molecule has 2 N–H and O–H groups in total. The van der Waals surface area contributed by atoms with Gasteiger partial charge in [-0.1, -0.05) is 29.8 Å². The third-order valence-electron chi connectivity index (χ3n) is 2.82. The highest BCUT2D eigenvalue weighted by Crippen LogP contribution is 2.20. The van der Waals surface area contributed by atoms with Crippen LogP contribution in [-0.4, -0.2) is 26.2 Å². The third kappa shape index (κ3) is 3.11. The van der Waals surface area contributed by atoms with Crippen LogP contribution in [0.3, 0.4) is 0 Å². The van der Waals surface area contributed by atoms with Crippen LogP contribution in [0.2, 0.25) is 5.02 Å². The predicted octanol–water partition coefficient (Wildman–Crippen LogP) is 1.56. The van der Waals surface area contributed by atoms with Gasteiger partial charge >= 0.3 is 0 Å². The Morgan fingerprint density at radius 2 is 2.17 bits per heavy atom. The van der Waals surface area contributed by atoms with Crippen LogP contribution in [0, 0.1) is 5.92 Å². The van der Waals surface area contributed by atoms with Crippen LogP contribution in [0.4, 0.5) is 0 Å². The van der Waals surface area contributed by atoms with Crippen LogP contribution in [-0.2, 0) is 10.0 Å². The molecule has 18 heavy (non-hydrogen) atoms. The van der Waals surface area contributed by atoms with Crippen molar-refractivity contribution < 1.29 is 13.5 Å². The summed E-state index contributed by atoms with van der Waals surface area (Å²) in [6.07, 6.45) is 4.17. The Morgan fingerprint density at radius 1 is 1.39 bits per heavy atom. The number of rotatable bonds is 4. The Morgan fingerprint density at radius 3 is 2.78 bits per heavy atom. The molecule has 0 spiro atoms. The topological polar surface area (TPSA) is 66.4 Å². The van der Waals surface area contributed by atoms with Crippen molar-refractivity contribution >= 4 is 21.6 Å². The molecule has 0 saturated heterocycles. The summed E-state index contributed by atoms with van der Waals surface area (Å²) in [4.78, 5) is 0.149. The normalized spacial score (nSPS) is 23.4. The second-order valence-corrected chi connectivity index (χ2v) is 6.40. The molecule has 0 amide bonds. The van der Waals surface area contributed by atoms with Gasteiger partial charge in [0.1, 0.15) is 0 Å². The molecule has 2 rings (SSSR count). The molecule has 0 heterocycles. The minimum Gasteiger partial charge on any atom is -0.396 e. The average Bonchev–Trinajstić information content (AvgIpc) is 2.76. The summed E-state index contributed by atoms with van der Waals surface area (Å²) in [7, 11) is -3.57. The minimum atomic E-state index is -3.57. The van der Waals surface area contributed by atoms with Gasteiger partial charge in [0, 0.05) is 23.6 Å². The van der Waals surface area contributed by atoms with E-state index < -0.39 is 10.0 Å². The van der Waals surface area contributed by atoms with E-state index in [0.29, 0.717) is 11.4 Å². The van der Waals surface area contributed by atoms with Crippen LogP contribution in [0.25, 0.3) is 0 Å². The van der Waals surface area contributed by atoms with Gasteiger partial charge in [-0.25, -0.2) is 13.1 Å². The summed E-state index contributed by atoms with van der Waals surface area (Å²) in [5.41, 5.74) is 0. The van der Waals surface area contributed by atoms with E-state index in [2.05, 4.69) is 4.72 Å². The third-order valence-corrected chi connectivity index (χ3v) is 4.54. The molecule has 0 radical (unpaired) electrons. The molecule has 1 aliphatic rings. The first-order chi connectivity index (χ1) is 8.51. The van der Waals surface area contributed by atoms with E-state index in [1.54, 1.807) is 18.2 Å². The summed E-state index contributed by atoms with van der Waals surface area (Å²) in [5, 5.41) is 9.37. The van der Waals surface area contributed by atoms with E-state index in [1.165, 1.54) is 12.1 Å². The van der Waals surface area contributed by atoms with Crippen molar-refractivity contribution in [3.63, 3.8) is 0 Å². The molecule has 0 saturated carbocycles. The van der Waals surface area contributed by atoms with Gasteiger partial charge in [0.25, 0.3) is 0 Å². The molecule has 0 unspecified atom stereocenters. The lowest BCUT2D eigenvalue weighted by molar-refractivity contribution is 0.248. The number of aliphatic hydroxyl groups is 1. The van der Waals surface area contributed by atoms with Crippen LogP contribution < -0.4 is 4.72 Å². The number of hydrogen-bond donors (Lipinski definition) is 2. The van der Waals surface area contributed by atoms with Crippen LogP contribution in [0.5, 0.6) is 0 Å². The van der Waals surface area contributed by atoms with Crippen molar-refractivity contribution in [2.75, 3.05) is 6.61 Å². The lowest BCUT2D eigenvalue weighted by Gasteiger charge is -2.13. The molecule has 98 valence electrons. The van der Waals surface area contributed by atoms with Crippen molar-refractivity contribution in [2.45, 2.75) is 17.4 Å². The summed E-state index contributed by atoms with van der Waals surface area (Å²) < 4.78 is 26.7. The van der Waals surface area contributed by atoms with Crippen molar-refractivity contribution in [3.8, 4) is 0 Å². The zero-order valence-corrected chi connectivity index (χ0v) is 11.2. The van der Waals surface area contributed by atoms with E-state index in [1.807, 2.05) is 6.08 Å². The Labute approximate surface area is 111 Å². The molecule has 6 heteroatoms. The maximum atomic E-state index is 12.1. The summed E-state index contributed by atoms with van der Waals surface area (Å²) >= 11 is 5.77. The van der Waals surface area contributed by atoms with Gasteiger partial charge in [0.15, 0.2) is 0 Å². The lowest BCUT2D eigenvalue weighted by Crippen LogP contribution is -2.32. The Kier molecular flexibility index (Phi) is 4.07. The fourth-order valence-electron chi connectivity index (χ4n) is 1.90. The Bertz CT molecular complexity index is 556. The SMILES string of the molecule is O=S(=O)(N[C@@H]1C=C[C@H](CO)C1)c1cccc(Cl)c1. The van der Waals surface area contributed by atoms with Gasteiger partial charge in [-0.3, -0.25) is 0 Å². The van der Waals surface area contributed by atoms with Crippen LogP contribution in [0.1, 0.15) is 6.42 Å². The molecule has 1 aromatic carbocycles. The van der Waals surface area contributed by atoms with E-state index in [-0.39, 0.29) is 23.5 Å². The number of sulfonamides is 1. The zero-order chi connectivity index (χ0) is 13.2. The van der Waals surface area contributed by atoms with Gasteiger partial charge < -0.3 is 5.11 Å². The highest BCUT2D eigenvalue weighted by atomic mass is 35.5. The molecule has 0 aromatic heterocycles. The first-order valence-corrected chi connectivity index (χ1v) is 7.44. The molecular weight excluding hydrogens is 274 g/mol. The maximum Gasteiger partial charge on any atom is 0.241 e. The fraction of sp³-hybridized carbons (Fsp3) is 0.333. The van der Waals surface area contributed by atoms with Crippen molar-refractivity contribution in [1.29, 1.82) is 0 Å². The molecule has 1 aromatic rings. The molecule has 0 aliphatic heterocycles. The number of nitrogens with one attached hydrogen (secondary N) is 1. The van der Waals surface area contributed by atoms with Crippen molar-refractivity contribution in [1.82, 2.24) is 4.72 Å². The second-order valence-electron chi connectivity index (χ2n) is 4.25. The Balaban J connectivity index is 2.11. The molecule has 2 atom stereocenters. The largest absolute Gasteiger partial charge is 0.396 e. The number of halogens is 1. The van der Waals surface area contributed by atoms with E-state index >= 15 is 0 Å². The highest BCUT2D eigenvalue weighted by molar-refractivity contribution is 7.89. The molecule has 0 fully saturated rings. The Hall–Kier alpha value is -0.880. The standard InChI is InChI=1S/C12H14ClNO3S/c13-10-2-1-3-12(7-10)18(16,17)14-11-5-4-9(6-11)8-15/h1-5,7,9,11,14-15H,6,8H2/t9-,11+/m0/s1. The van der Waals surface area contributed by atoms with Gasteiger partial charge in [-0.2, -0.15) is 0 Å². The molecule has 0 bridgehead atoms. The smallest absolute Gasteiger partial charge is 0.241 e. The van der Waals surface area contributed by atoms with Gasteiger partial charge in [0.05, 0.1) is 4.90 Å². The number of aliphatic hydroxyl groups excluding tert-OH is 1. The summed E-state index contributed by atoms with van der Waals surface area (Å²) in [6.45, 7) is 0.0336. The summed E-state index contributed by atoms with van der Waals surface area (Å²) in [5.74, 6) is 0.0251. The highest BCUT2D eigenvalue weighted by Gasteiger charge is 2.24. The first-order valence-electron chi connectivity index (χ1n) is 5.58. The van der Waals surface area contributed by atoms with Gasteiger partial charge in [0.2, 0.25) is 10.0 Å². The molecular formula is C12H14ClNO3S. The van der Waals surface area contributed by atoms with E-state index in [0.717, 1.165) is 0 Å². The first kappa shape index (κ1) is 13.5. The molecule has 4 nitrogen and oxygen atoms in total. The number of hydrogen-bond acceptors (Lipinski definition) is 3. The van der Waals surface area contributed by atoms with Crippen molar-refractivity contribution in [3.05, 3.63) is 41.4 Å². The minimum absolute atomic E-state index is 0.0251. The lowest BCUT2D eigenvalue weighted by atomic mass is 10.1. The monoisotopic (exact) mass is 287 g/mol. The molecule has 1 aliphatic carbocycles. The van der Waals surface area contributed by atoms with Crippen LogP contribution >= 0.6 is 11.6 Å². The van der Waals surface area contributed by atoms with Gasteiger partial charge in [-0.05, 0) is 24.6 Å². The second kappa shape index (κ2) is 5.40. The van der Waals surface area contributed by atoms with Crippen LogP contribution in [0.15, 0.2) is 41.3 Å². The van der Waals surface area contributed by atoms with E-state index in [4.69, 9.17) is 16.7 Å². The fourth-order valence-corrected chi connectivity index (χ4v) is 3.40. The van der Waals surface area contributed by atoms with Gasteiger partial charge in [-0.15, -0.1) is 0 Å².